The largest absolute Gasteiger partial charge is 0.467 e. The van der Waals surface area contributed by atoms with E-state index in [-0.39, 0.29) is 11.6 Å². The lowest BCUT2D eigenvalue weighted by atomic mass is 10.1. The summed E-state index contributed by atoms with van der Waals surface area (Å²) in [6, 6.07) is 0. The Hall–Kier alpha value is -0.610. The summed E-state index contributed by atoms with van der Waals surface area (Å²) in [5, 5.41) is 0. The van der Waals surface area contributed by atoms with Crippen molar-refractivity contribution in [3.63, 3.8) is 0 Å². The Balaban J connectivity index is 3.69. The second-order valence-electron chi connectivity index (χ2n) is 3.75. The van der Waals surface area contributed by atoms with E-state index in [0.717, 1.165) is 6.42 Å². The number of hydrogen-bond acceptors (Lipinski definition) is 4. The molecule has 4 heteroatoms. The van der Waals surface area contributed by atoms with Gasteiger partial charge in [0.1, 0.15) is 0 Å². The summed E-state index contributed by atoms with van der Waals surface area (Å²) in [5.41, 5.74) is -0.212. The molecule has 0 aliphatic heterocycles. The molecule has 0 aliphatic rings. The Morgan fingerprint density at radius 1 is 1.36 bits per heavy atom. The fourth-order valence-corrected chi connectivity index (χ4v) is 0.818. The maximum Gasteiger partial charge on any atom is 0.334 e. The lowest BCUT2D eigenvalue weighted by molar-refractivity contribution is -0.153. The van der Waals surface area contributed by atoms with E-state index in [2.05, 4.69) is 4.74 Å². The molecule has 0 fully saturated rings. The van der Waals surface area contributed by atoms with Gasteiger partial charge in [0.15, 0.2) is 6.10 Å². The Labute approximate surface area is 85.5 Å². The molecular formula is C10H20O4. The lowest BCUT2D eigenvalue weighted by Crippen LogP contribution is -2.28. The molecule has 0 saturated carbocycles. The van der Waals surface area contributed by atoms with Gasteiger partial charge in [0.05, 0.1) is 19.3 Å². The molecule has 0 aromatic carbocycles. The van der Waals surface area contributed by atoms with Crippen LogP contribution >= 0.6 is 0 Å². The van der Waals surface area contributed by atoms with Crippen molar-refractivity contribution in [1.82, 2.24) is 0 Å². The van der Waals surface area contributed by atoms with Crippen LogP contribution in [0.1, 0.15) is 27.2 Å². The molecule has 0 aliphatic carbocycles. The third kappa shape index (κ3) is 5.19. The van der Waals surface area contributed by atoms with Crippen LogP contribution in [0.2, 0.25) is 0 Å². The van der Waals surface area contributed by atoms with Gasteiger partial charge in [-0.2, -0.15) is 0 Å². The summed E-state index contributed by atoms with van der Waals surface area (Å²) in [7, 11) is 3.00. The standard InChI is InChI=1S/C10H20O4/c1-8(9(11)12-4)14-7-6-10(2,3)13-5/h8H,6-7H2,1-5H3/t8-/m0/s1. The van der Waals surface area contributed by atoms with Crippen LogP contribution < -0.4 is 0 Å². The smallest absolute Gasteiger partial charge is 0.334 e. The monoisotopic (exact) mass is 204 g/mol. The van der Waals surface area contributed by atoms with E-state index in [1.54, 1.807) is 14.0 Å². The van der Waals surface area contributed by atoms with Crippen LogP contribution in [-0.2, 0) is 19.0 Å². The highest BCUT2D eigenvalue weighted by atomic mass is 16.6. The molecule has 0 aromatic heterocycles. The van der Waals surface area contributed by atoms with Crippen LogP contribution in [0.3, 0.4) is 0 Å². The zero-order valence-electron chi connectivity index (χ0n) is 9.62. The van der Waals surface area contributed by atoms with Crippen LogP contribution in [-0.4, -0.2) is 38.5 Å². The van der Waals surface area contributed by atoms with Crippen molar-refractivity contribution in [3.8, 4) is 0 Å². The second kappa shape index (κ2) is 5.98. The summed E-state index contributed by atoms with van der Waals surface area (Å²) in [5.74, 6) is -0.347. The van der Waals surface area contributed by atoms with Gasteiger partial charge in [-0.05, 0) is 27.2 Å². The first-order chi connectivity index (χ1) is 6.43. The quantitative estimate of drug-likeness (QED) is 0.613. The average Bonchev–Trinajstić information content (AvgIpc) is 2.16. The number of carbonyl (C=O) groups is 1. The van der Waals surface area contributed by atoms with Gasteiger partial charge in [-0.15, -0.1) is 0 Å². The SMILES string of the molecule is COC(=O)[C@H](C)OCCC(C)(C)OC. The molecule has 0 N–H and O–H groups in total. The van der Waals surface area contributed by atoms with E-state index < -0.39 is 6.10 Å². The highest BCUT2D eigenvalue weighted by Crippen LogP contribution is 2.13. The van der Waals surface area contributed by atoms with Gasteiger partial charge in [0.2, 0.25) is 0 Å². The summed E-state index contributed by atoms with van der Waals surface area (Å²) < 4.78 is 15.0. The van der Waals surface area contributed by atoms with Gasteiger partial charge in [-0.25, -0.2) is 4.79 Å². The second-order valence-corrected chi connectivity index (χ2v) is 3.75. The van der Waals surface area contributed by atoms with Crippen LogP contribution in [0.25, 0.3) is 0 Å². The van der Waals surface area contributed by atoms with Gasteiger partial charge in [-0.3, -0.25) is 0 Å². The first-order valence-electron chi connectivity index (χ1n) is 4.67. The van der Waals surface area contributed by atoms with E-state index in [1.807, 2.05) is 13.8 Å². The van der Waals surface area contributed by atoms with Crippen molar-refractivity contribution in [3.05, 3.63) is 0 Å². The molecule has 0 saturated heterocycles. The molecular weight excluding hydrogens is 184 g/mol. The summed E-state index contributed by atoms with van der Waals surface area (Å²) in [6.45, 7) is 6.10. The molecule has 0 rings (SSSR count). The van der Waals surface area contributed by atoms with E-state index >= 15 is 0 Å². The third-order valence-corrected chi connectivity index (χ3v) is 2.16. The highest BCUT2D eigenvalue weighted by molar-refractivity contribution is 5.73. The van der Waals surface area contributed by atoms with Crippen molar-refractivity contribution in [2.24, 2.45) is 0 Å². The predicted octanol–water partition coefficient (Wildman–Crippen LogP) is 1.38. The number of methoxy groups -OCH3 is 2. The topological polar surface area (TPSA) is 44.8 Å². The third-order valence-electron chi connectivity index (χ3n) is 2.16. The molecule has 4 nitrogen and oxygen atoms in total. The summed E-state index contributed by atoms with van der Waals surface area (Å²) >= 11 is 0. The first kappa shape index (κ1) is 13.4. The minimum absolute atomic E-state index is 0.212. The Morgan fingerprint density at radius 3 is 2.36 bits per heavy atom. The van der Waals surface area contributed by atoms with E-state index in [0.29, 0.717) is 6.61 Å². The van der Waals surface area contributed by atoms with Crippen LogP contribution in [0.5, 0.6) is 0 Å². The van der Waals surface area contributed by atoms with Gasteiger partial charge in [0.25, 0.3) is 0 Å². The zero-order valence-corrected chi connectivity index (χ0v) is 9.62. The van der Waals surface area contributed by atoms with E-state index in [1.165, 1.54) is 7.11 Å². The van der Waals surface area contributed by atoms with E-state index in [9.17, 15) is 4.79 Å². The molecule has 14 heavy (non-hydrogen) atoms. The number of ether oxygens (including phenoxy) is 3. The molecule has 0 aromatic rings. The highest BCUT2D eigenvalue weighted by Gasteiger charge is 2.18. The van der Waals surface area contributed by atoms with Crippen molar-refractivity contribution in [2.75, 3.05) is 20.8 Å². The lowest BCUT2D eigenvalue weighted by Gasteiger charge is -2.23. The van der Waals surface area contributed by atoms with Crippen molar-refractivity contribution in [1.29, 1.82) is 0 Å². The number of esters is 1. The van der Waals surface area contributed by atoms with E-state index in [4.69, 9.17) is 9.47 Å². The van der Waals surface area contributed by atoms with Gasteiger partial charge >= 0.3 is 5.97 Å². The first-order valence-corrected chi connectivity index (χ1v) is 4.67. The fourth-order valence-electron chi connectivity index (χ4n) is 0.818. The molecule has 0 bridgehead atoms. The summed E-state index contributed by atoms with van der Waals surface area (Å²) in [4.78, 5) is 11.0. The number of carbonyl (C=O) groups excluding carboxylic acids is 1. The predicted molar refractivity (Wildman–Crippen MR) is 53.1 cm³/mol. The molecule has 0 heterocycles. The zero-order chi connectivity index (χ0) is 11.2. The summed E-state index contributed by atoms with van der Waals surface area (Å²) in [6.07, 6.45) is 0.234. The molecule has 84 valence electrons. The van der Waals surface area contributed by atoms with Crippen molar-refractivity contribution < 1.29 is 19.0 Å². The van der Waals surface area contributed by atoms with Crippen LogP contribution in [0, 0.1) is 0 Å². The Bertz CT molecular complexity index is 177. The maximum absolute atomic E-state index is 11.0. The Morgan fingerprint density at radius 2 is 1.93 bits per heavy atom. The van der Waals surface area contributed by atoms with Crippen molar-refractivity contribution >= 4 is 5.97 Å². The Kier molecular flexibility index (Phi) is 5.72. The molecule has 0 radical (unpaired) electrons. The van der Waals surface area contributed by atoms with Crippen LogP contribution in [0.4, 0.5) is 0 Å². The fraction of sp³-hybridized carbons (Fsp3) is 0.900. The van der Waals surface area contributed by atoms with Gasteiger partial charge in [-0.1, -0.05) is 0 Å². The van der Waals surface area contributed by atoms with Gasteiger partial charge < -0.3 is 14.2 Å². The number of hydrogen-bond donors (Lipinski definition) is 0. The molecule has 1 atom stereocenters. The average molecular weight is 204 g/mol. The minimum atomic E-state index is -0.507. The minimum Gasteiger partial charge on any atom is -0.467 e. The molecule has 0 unspecified atom stereocenters. The van der Waals surface area contributed by atoms with Gasteiger partial charge in [0, 0.05) is 7.11 Å². The number of rotatable bonds is 6. The maximum atomic E-state index is 11.0. The normalized spacial score (nSPS) is 13.8. The molecule has 0 amide bonds. The van der Waals surface area contributed by atoms with Crippen molar-refractivity contribution in [2.45, 2.75) is 38.9 Å². The van der Waals surface area contributed by atoms with Crippen LogP contribution in [0.15, 0.2) is 0 Å². The molecule has 0 spiro atoms.